The van der Waals surface area contributed by atoms with E-state index >= 15 is 0 Å². The number of amides is 2. The van der Waals surface area contributed by atoms with Gasteiger partial charge in [0.15, 0.2) is 0 Å². The van der Waals surface area contributed by atoms with Gasteiger partial charge in [0.05, 0.1) is 10.7 Å². The van der Waals surface area contributed by atoms with Crippen molar-refractivity contribution in [2.24, 2.45) is 0 Å². The maximum atomic E-state index is 13.1. The minimum atomic E-state index is -0.376. The Hall–Kier alpha value is -3.52. The van der Waals surface area contributed by atoms with Crippen LogP contribution in [-0.2, 0) is 11.4 Å². The number of benzene rings is 2. The molecule has 0 aliphatic carbocycles. The molecule has 33 heavy (non-hydrogen) atoms. The zero-order chi connectivity index (χ0) is 23.2. The van der Waals surface area contributed by atoms with E-state index in [0.29, 0.717) is 44.1 Å². The van der Waals surface area contributed by atoms with Gasteiger partial charge in [-0.2, -0.15) is 0 Å². The predicted octanol–water partition coefficient (Wildman–Crippen LogP) is 4.17. The first-order valence-corrected chi connectivity index (χ1v) is 11.5. The van der Waals surface area contributed by atoms with Gasteiger partial charge in [-0.3, -0.25) is 9.59 Å². The smallest absolute Gasteiger partial charge is 0.253 e. The zero-order valence-corrected chi connectivity index (χ0v) is 19.1. The summed E-state index contributed by atoms with van der Waals surface area (Å²) in [6.45, 7) is 4.07. The maximum absolute atomic E-state index is 13.1. The van der Waals surface area contributed by atoms with Gasteiger partial charge in [0, 0.05) is 48.8 Å². The van der Waals surface area contributed by atoms with E-state index in [0.717, 1.165) is 16.3 Å². The lowest BCUT2D eigenvalue weighted by Crippen LogP contribution is -2.50. The van der Waals surface area contributed by atoms with Gasteiger partial charge in [0.2, 0.25) is 5.91 Å². The van der Waals surface area contributed by atoms with Crippen LogP contribution in [0.4, 0.5) is 4.39 Å². The Bertz CT molecular complexity index is 1150. The number of carbonyl (C=O) groups excluding carboxylic acids is 2. The average Bonchev–Trinajstić information content (AvgIpc) is 3.27. The molecule has 2 heterocycles. The molecule has 0 unspecified atom stereocenters. The van der Waals surface area contributed by atoms with Crippen molar-refractivity contribution >= 4 is 29.2 Å². The van der Waals surface area contributed by atoms with Crippen molar-refractivity contribution in [1.82, 2.24) is 14.8 Å². The summed E-state index contributed by atoms with van der Waals surface area (Å²) in [5.41, 5.74) is 2.13. The molecule has 0 spiro atoms. The molecule has 0 N–H and O–H groups in total. The first-order valence-electron chi connectivity index (χ1n) is 10.6. The molecule has 6 nitrogen and oxygen atoms in total. The summed E-state index contributed by atoms with van der Waals surface area (Å²) in [7, 11) is 0. The van der Waals surface area contributed by atoms with Crippen LogP contribution in [0, 0.1) is 12.7 Å². The number of hydrogen-bond donors (Lipinski definition) is 0. The third-order valence-electron chi connectivity index (χ3n) is 5.34. The van der Waals surface area contributed by atoms with Crippen molar-refractivity contribution in [3.63, 3.8) is 0 Å². The molecule has 1 aromatic heterocycles. The van der Waals surface area contributed by atoms with Crippen LogP contribution < -0.4 is 4.74 Å². The third-order valence-corrected chi connectivity index (χ3v) is 6.16. The van der Waals surface area contributed by atoms with Crippen molar-refractivity contribution in [2.75, 3.05) is 26.2 Å². The first kappa shape index (κ1) is 22.7. The summed E-state index contributed by atoms with van der Waals surface area (Å²) in [5.74, 6) is 0.0358. The highest BCUT2D eigenvalue weighted by Gasteiger charge is 2.24. The second-order valence-electron chi connectivity index (χ2n) is 7.64. The van der Waals surface area contributed by atoms with E-state index in [1.54, 1.807) is 27.2 Å². The molecule has 0 bridgehead atoms. The second kappa shape index (κ2) is 10.4. The van der Waals surface area contributed by atoms with E-state index in [1.165, 1.54) is 30.3 Å². The number of hydrogen-bond acceptors (Lipinski definition) is 5. The summed E-state index contributed by atoms with van der Waals surface area (Å²) < 4.78 is 19.0. The fourth-order valence-electron chi connectivity index (χ4n) is 3.55. The number of rotatable bonds is 6. The van der Waals surface area contributed by atoms with Crippen LogP contribution in [0.5, 0.6) is 5.75 Å². The number of aromatic nitrogens is 1. The monoisotopic (exact) mass is 465 g/mol. The lowest BCUT2D eigenvalue weighted by atomic mass is 10.1. The molecule has 1 fully saturated rings. The van der Waals surface area contributed by atoms with Crippen LogP contribution in [-0.4, -0.2) is 52.8 Å². The second-order valence-corrected chi connectivity index (χ2v) is 8.70. The Labute approximate surface area is 195 Å². The molecule has 3 aromatic rings. The number of nitrogens with zero attached hydrogens (tertiary/aromatic N) is 3. The summed E-state index contributed by atoms with van der Waals surface area (Å²) in [4.78, 5) is 33.1. The fourth-order valence-corrected chi connectivity index (χ4v) is 4.14. The van der Waals surface area contributed by atoms with Crippen LogP contribution in [0.2, 0.25) is 0 Å². The van der Waals surface area contributed by atoms with Crippen molar-refractivity contribution in [3.8, 4) is 5.75 Å². The van der Waals surface area contributed by atoms with E-state index in [4.69, 9.17) is 4.74 Å². The molecule has 1 aliphatic heterocycles. The minimum Gasteiger partial charge on any atom is -0.487 e. The van der Waals surface area contributed by atoms with Gasteiger partial charge in [-0.25, -0.2) is 9.37 Å². The highest BCUT2D eigenvalue weighted by atomic mass is 32.1. The molecule has 0 atom stereocenters. The quantitative estimate of drug-likeness (QED) is 0.513. The SMILES string of the molecule is Cc1nc(COc2ccccc2/C=C/C(=O)N2CCN(C(=O)c3ccc(F)cc3)CC2)cs1. The molecule has 1 saturated heterocycles. The molecule has 170 valence electrons. The van der Waals surface area contributed by atoms with Gasteiger partial charge in [-0.05, 0) is 43.3 Å². The molecule has 0 radical (unpaired) electrons. The highest BCUT2D eigenvalue weighted by molar-refractivity contribution is 7.09. The molecule has 2 amide bonds. The largest absolute Gasteiger partial charge is 0.487 e. The Morgan fingerprint density at radius 1 is 1.06 bits per heavy atom. The third kappa shape index (κ3) is 5.84. The minimum absolute atomic E-state index is 0.117. The molecular formula is C25H24FN3O3S. The van der Waals surface area contributed by atoms with Crippen LogP contribution in [0.3, 0.4) is 0 Å². The van der Waals surface area contributed by atoms with Gasteiger partial charge < -0.3 is 14.5 Å². The summed E-state index contributed by atoms with van der Waals surface area (Å²) in [6, 6.07) is 13.0. The zero-order valence-electron chi connectivity index (χ0n) is 18.2. The summed E-state index contributed by atoms with van der Waals surface area (Å²) in [5, 5.41) is 2.96. The van der Waals surface area contributed by atoms with Crippen molar-refractivity contribution in [2.45, 2.75) is 13.5 Å². The van der Waals surface area contributed by atoms with Crippen molar-refractivity contribution < 1.29 is 18.7 Å². The molecular weight excluding hydrogens is 441 g/mol. The van der Waals surface area contributed by atoms with Crippen LogP contribution in [0.1, 0.15) is 26.6 Å². The maximum Gasteiger partial charge on any atom is 0.253 e. The number of carbonyl (C=O) groups is 2. The van der Waals surface area contributed by atoms with Crippen molar-refractivity contribution in [1.29, 1.82) is 0 Å². The number of para-hydroxylation sites is 1. The van der Waals surface area contributed by atoms with Crippen LogP contribution in [0.15, 0.2) is 60.0 Å². The van der Waals surface area contributed by atoms with E-state index < -0.39 is 0 Å². The number of ether oxygens (including phenoxy) is 1. The Balaban J connectivity index is 1.32. The summed E-state index contributed by atoms with van der Waals surface area (Å²) in [6.07, 6.45) is 3.28. The molecule has 0 saturated carbocycles. The van der Waals surface area contributed by atoms with Crippen molar-refractivity contribution in [3.05, 3.63) is 87.6 Å². The topological polar surface area (TPSA) is 62.7 Å². The number of aryl methyl sites for hydroxylation is 1. The van der Waals surface area contributed by atoms with Gasteiger partial charge in [0.25, 0.3) is 5.91 Å². The predicted molar refractivity (Wildman–Crippen MR) is 126 cm³/mol. The Kier molecular flexibility index (Phi) is 7.14. The first-order chi connectivity index (χ1) is 16.0. The van der Waals surface area contributed by atoms with Gasteiger partial charge in [-0.1, -0.05) is 18.2 Å². The van der Waals surface area contributed by atoms with E-state index in [1.807, 2.05) is 36.6 Å². The lowest BCUT2D eigenvalue weighted by molar-refractivity contribution is -0.127. The molecule has 1 aliphatic rings. The number of thiazole rings is 1. The average molecular weight is 466 g/mol. The van der Waals surface area contributed by atoms with Crippen LogP contribution >= 0.6 is 11.3 Å². The van der Waals surface area contributed by atoms with Gasteiger partial charge in [-0.15, -0.1) is 11.3 Å². The number of piperazine rings is 1. The van der Waals surface area contributed by atoms with Gasteiger partial charge >= 0.3 is 0 Å². The van der Waals surface area contributed by atoms with E-state index in [9.17, 15) is 14.0 Å². The molecule has 8 heteroatoms. The van der Waals surface area contributed by atoms with E-state index in [2.05, 4.69) is 4.98 Å². The molecule has 4 rings (SSSR count). The Morgan fingerprint density at radius 3 is 2.45 bits per heavy atom. The number of halogens is 1. The lowest BCUT2D eigenvalue weighted by Gasteiger charge is -2.34. The van der Waals surface area contributed by atoms with E-state index in [-0.39, 0.29) is 17.6 Å². The standard InChI is InChI=1S/C25H24FN3O3S/c1-18-27-22(17-33-18)16-32-23-5-3-2-4-19(23)8-11-24(30)28-12-14-29(15-13-28)25(31)20-6-9-21(26)10-7-20/h2-11,17H,12-16H2,1H3/b11-8+. The van der Waals surface area contributed by atoms with Crippen LogP contribution in [0.25, 0.3) is 6.08 Å². The molecule has 2 aromatic carbocycles. The fraction of sp³-hybridized carbons (Fsp3) is 0.240. The highest BCUT2D eigenvalue weighted by Crippen LogP contribution is 2.21. The Morgan fingerprint density at radius 2 is 1.76 bits per heavy atom. The van der Waals surface area contributed by atoms with Gasteiger partial charge in [0.1, 0.15) is 18.2 Å². The summed E-state index contributed by atoms with van der Waals surface area (Å²) >= 11 is 1.58. The normalized spacial score (nSPS) is 14.0.